The van der Waals surface area contributed by atoms with Gasteiger partial charge in [-0.3, -0.25) is 0 Å². The smallest absolute Gasteiger partial charge is 0.214 e. The van der Waals surface area contributed by atoms with Crippen LogP contribution in [0, 0.1) is 0 Å². The van der Waals surface area contributed by atoms with Crippen molar-refractivity contribution < 1.29 is 8.42 Å². The Morgan fingerprint density at radius 1 is 1.56 bits per heavy atom. The van der Waals surface area contributed by atoms with Gasteiger partial charge in [0.1, 0.15) is 0 Å². The predicted octanol–water partition coefficient (Wildman–Crippen LogP) is 1.89. The molecule has 0 spiro atoms. The van der Waals surface area contributed by atoms with Crippen molar-refractivity contribution in [3.8, 4) is 0 Å². The molecule has 1 fully saturated rings. The third-order valence-electron chi connectivity index (χ3n) is 3.00. The van der Waals surface area contributed by atoms with Crippen LogP contribution in [-0.4, -0.2) is 30.0 Å². The van der Waals surface area contributed by atoms with E-state index < -0.39 is 10.0 Å². The van der Waals surface area contributed by atoms with Crippen molar-refractivity contribution >= 4 is 10.0 Å². The SMILES string of the molecule is CCCS(=O)(=O)N1CCCC1c1ccc[nH]1. The zero-order chi connectivity index (χ0) is 11.6. The van der Waals surface area contributed by atoms with Crippen LogP contribution in [0.2, 0.25) is 0 Å². The van der Waals surface area contributed by atoms with Gasteiger partial charge in [0.15, 0.2) is 0 Å². The number of aromatic amines is 1. The van der Waals surface area contributed by atoms with E-state index in [-0.39, 0.29) is 11.8 Å². The van der Waals surface area contributed by atoms with E-state index in [2.05, 4.69) is 4.98 Å². The lowest BCUT2D eigenvalue weighted by atomic mass is 10.2. The van der Waals surface area contributed by atoms with Gasteiger partial charge in [-0.25, -0.2) is 8.42 Å². The number of nitrogens with zero attached hydrogens (tertiary/aromatic N) is 1. The quantitative estimate of drug-likeness (QED) is 0.876. The molecule has 1 aromatic rings. The van der Waals surface area contributed by atoms with Crippen molar-refractivity contribution in [2.24, 2.45) is 0 Å². The number of hydrogen-bond acceptors (Lipinski definition) is 2. The molecule has 5 heteroatoms. The minimum atomic E-state index is -3.07. The summed E-state index contributed by atoms with van der Waals surface area (Å²) in [4.78, 5) is 3.12. The molecule has 1 atom stereocenters. The maximum atomic E-state index is 12.1. The molecule has 0 saturated carbocycles. The second kappa shape index (κ2) is 4.59. The van der Waals surface area contributed by atoms with E-state index >= 15 is 0 Å². The van der Waals surface area contributed by atoms with Crippen molar-refractivity contribution in [1.29, 1.82) is 0 Å². The van der Waals surface area contributed by atoms with Gasteiger partial charge < -0.3 is 4.98 Å². The molecule has 0 aromatic carbocycles. The second-order valence-corrected chi connectivity index (χ2v) is 6.25. The molecule has 90 valence electrons. The van der Waals surface area contributed by atoms with E-state index in [9.17, 15) is 8.42 Å². The monoisotopic (exact) mass is 242 g/mol. The average molecular weight is 242 g/mol. The summed E-state index contributed by atoms with van der Waals surface area (Å²) in [6.07, 6.45) is 4.39. The van der Waals surface area contributed by atoms with Gasteiger partial charge in [-0.1, -0.05) is 6.92 Å². The molecule has 1 aliphatic heterocycles. The third-order valence-corrected chi connectivity index (χ3v) is 5.08. The first kappa shape index (κ1) is 11.7. The van der Waals surface area contributed by atoms with Crippen LogP contribution in [0.1, 0.15) is 37.9 Å². The Labute approximate surface area is 96.7 Å². The molecular weight excluding hydrogens is 224 g/mol. The summed E-state index contributed by atoms with van der Waals surface area (Å²) in [6.45, 7) is 2.56. The topological polar surface area (TPSA) is 53.2 Å². The Balaban J connectivity index is 2.22. The van der Waals surface area contributed by atoms with Gasteiger partial charge in [-0.2, -0.15) is 4.31 Å². The van der Waals surface area contributed by atoms with E-state index in [0.29, 0.717) is 13.0 Å². The van der Waals surface area contributed by atoms with E-state index in [1.165, 1.54) is 0 Å². The maximum absolute atomic E-state index is 12.1. The summed E-state index contributed by atoms with van der Waals surface area (Å²) in [5.41, 5.74) is 1.01. The molecule has 1 aromatic heterocycles. The summed E-state index contributed by atoms with van der Waals surface area (Å²) in [6, 6.07) is 3.90. The van der Waals surface area contributed by atoms with E-state index in [4.69, 9.17) is 0 Å². The van der Waals surface area contributed by atoms with Gasteiger partial charge in [0.05, 0.1) is 11.8 Å². The zero-order valence-electron chi connectivity index (χ0n) is 9.52. The number of aromatic nitrogens is 1. The van der Waals surface area contributed by atoms with E-state index in [1.54, 1.807) is 4.31 Å². The largest absolute Gasteiger partial charge is 0.364 e. The number of hydrogen-bond donors (Lipinski definition) is 1. The number of rotatable bonds is 4. The van der Waals surface area contributed by atoms with Crippen molar-refractivity contribution in [3.63, 3.8) is 0 Å². The lowest BCUT2D eigenvalue weighted by Crippen LogP contribution is -2.32. The predicted molar refractivity (Wildman–Crippen MR) is 63.6 cm³/mol. The molecule has 2 rings (SSSR count). The highest BCUT2D eigenvalue weighted by Crippen LogP contribution is 2.33. The van der Waals surface area contributed by atoms with Crippen molar-refractivity contribution in [2.75, 3.05) is 12.3 Å². The van der Waals surface area contributed by atoms with E-state index in [0.717, 1.165) is 18.5 Å². The fraction of sp³-hybridized carbons (Fsp3) is 0.636. The lowest BCUT2D eigenvalue weighted by Gasteiger charge is -2.23. The van der Waals surface area contributed by atoms with Gasteiger partial charge in [-0.15, -0.1) is 0 Å². The second-order valence-electron chi connectivity index (χ2n) is 4.21. The average Bonchev–Trinajstić information content (AvgIpc) is 2.88. The zero-order valence-corrected chi connectivity index (χ0v) is 10.3. The molecule has 0 radical (unpaired) electrons. The van der Waals surface area contributed by atoms with Crippen LogP contribution in [0.5, 0.6) is 0 Å². The normalized spacial score (nSPS) is 22.7. The maximum Gasteiger partial charge on any atom is 0.214 e. The van der Waals surface area contributed by atoms with Crippen LogP contribution < -0.4 is 0 Å². The molecule has 4 nitrogen and oxygen atoms in total. The molecule has 2 heterocycles. The summed E-state index contributed by atoms with van der Waals surface area (Å²) in [5, 5.41) is 0. The van der Waals surface area contributed by atoms with Crippen LogP contribution in [0.3, 0.4) is 0 Å². The molecule has 1 saturated heterocycles. The first-order chi connectivity index (χ1) is 7.65. The molecule has 0 bridgehead atoms. The van der Waals surface area contributed by atoms with Crippen molar-refractivity contribution in [1.82, 2.24) is 9.29 Å². The van der Waals surface area contributed by atoms with Crippen molar-refractivity contribution in [2.45, 2.75) is 32.2 Å². The first-order valence-corrected chi connectivity index (χ1v) is 7.39. The van der Waals surface area contributed by atoms with Gasteiger partial charge in [0.2, 0.25) is 10.0 Å². The Kier molecular flexibility index (Phi) is 3.35. The molecule has 1 unspecified atom stereocenters. The van der Waals surface area contributed by atoms with Crippen LogP contribution in [-0.2, 0) is 10.0 Å². The third kappa shape index (κ3) is 2.15. The Morgan fingerprint density at radius 3 is 3.00 bits per heavy atom. The molecule has 16 heavy (non-hydrogen) atoms. The summed E-state index contributed by atoms with van der Waals surface area (Å²) >= 11 is 0. The number of nitrogens with one attached hydrogen (secondary N) is 1. The highest BCUT2D eigenvalue weighted by Gasteiger charge is 2.34. The molecule has 0 amide bonds. The summed E-state index contributed by atoms with van der Waals surface area (Å²) < 4.78 is 25.8. The Bertz CT molecular complexity index is 425. The van der Waals surface area contributed by atoms with Gasteiger partial charge in [0, 0.05) is 18.4 Å². The molecule has 1 N–H and O–H groups in total. The van der Waals surface area contributed by atoms with Crippen LogP contribution in [0.15, 0.2) is 18.3 Å². The standard InChI is InChI=1S/C11H18N2O2S/c1-2-9-16(14,15)13-8-4-6-11(13)10-5-3-7-12-10/h3,5,7,11-12H,2,4,6,8-9H2,1H3. The Hall–Kier alpha value is -0.810. The highest BCUT2D eigenvalue weighted by atomic mass is 32.2. The van der Waals surface area contributed by atoms with Crippen LogP contribution in [0.4, 0.5) is 0 Å². The van der Waals surface area contributed by atoms with Gasteiger partial charge >= 0.3 is 0 Å². The van der Waals surface area contributed by atoms with Gasteiger partial charge in [0.25, 0.3) is 0 Å². The fourth-order valence-corrected chi connectivity index (χ4v) is 4.07. The minimum absolute atomic E-state index is 0.0200. The Morgan fingerprint density at radius 2 is 2.38 bits per heavy atom. The molecular formula is C11H18N2O2S. The first-order valence-electron chi connectivity index (χ1n) is 5.78. The summed E-state index contributed by atoms with van der Waals surface area (Å²) in [5.74, 6) is 0.254. The summed E-state index contributed by atoms with van der Waals surface area (Å²) in [7, 11) is -3.07. The fourth-order valence-electron chi connectivity index (χ4n) is 2.31. The molecule has 0 aliphatic carbocycles. The number of H-pyrrole nitrogens is 1. The minimum Gasteiger partial charge on any atom is -0.364 e. The lowest BCUT2D eigenvalue weighted by molar-refractivity contribution is 0.391. The van der Waals surface area contributed by atoms with Crippen LogP contribution >= 0.6 is 0 Å². The highest BCUT2D eigenvalue weighted by molar-refractivity contribution is 7.89. The van der Waals surface area contributed by atoms with Crippen LogP contribution in [0.25, 0.3) is 0 Å². The number of sulfonamides is 1. The van der Waals surface area contributed by atoms with Gasteiger partial charge in [-0.05, 0) is 31.4 Å². The molecule has 1 aliphatic rings. The van der Waals surface area contributed by atoms with Crippen molar-refractivity contribution in [3.05, 3.63) is 24.0 Å². The van der Waals surface area contributed by atoms with E-state index in [1.807, 2.05) is 25.3 Å².